The van der Waals surface area contributed by atoms with Crippen molar-refractivity contribution in [3.05, 3.63) is 35.2 Å². The molecule has 3 unspecified atom stereocenters. The third-order valence-corrected chi connectivity index (χ3v) is 3.68. The second kappa shape index (κ2) is 4.37. The Morgan fingerprint density at radius 2 is 2.28 bits per heavy atom. The van der Waals surface area contributed by atoms with Crippen molar-refractivity contribution >= 4 is 11.6 Å². The number of nitrogens with two attached hydrogens (primary N) is 1. The van der Waals surface area contributed by atoms with Crippen molar-refractivity contribution in [2.45, 2.75) is 25.3 Å². The van der Waals surface area contributed by atoms with Crippen molar-refractivity contribution in [1.29, 1.82) is 0 Å². The quantitative estimate of drug-likeness (QED) is 0.925. The van der Waals surface area contributed by atoms with Crippen LogP contribution in [0.3, 0.4) is 0 Å². The zero-order valence-corrected chi connectivity index (χ0v) is 10.8. The molecule has 3 rings (SSSR count). The summed E-state index contributed by atoms with van der Waals surface area (Å²) in [5.74, 6) is 1.93. The summed E-state index contributed by atoms with van der Waals surface area (Å²) in [4.78, 5) is 4.43. The molecule has 94 valence electrons. The van der Waals surface area contributed by atoms with Crippen molar-refractivity contribution in [3.63, 3.8) is 0 Å². The van der Waals surface area contributed by atoms with E-state index in [1.807, 2.05) is 24.3 Å². The topological polar surface area (TPSA) is 64.9 Å². The lowest BCUT2D eigenvalue weighted by atomic mass is 10.1. The molecule has 0 aliphatic heterocycles. The van der Waals surface area contributed by atoms with Gasteiger partial charge in [-0.3, -0.25) is 0 Å². The second-order valence-corrected chi connectivity index (χ2v) is 5.26. The maximum absolute atomic E-state index is 5.94. The van der Waals surface area contributed by atoms with Crippen LogP contribution in [0.4, 0.5) is 0 Å². The zero-order chi connectivity index (χ0) is 12.7. The van der Waals surface area contributed by atoms with Crippen LogP contribution >= 0.6 is 11.6 Å². The van der Waals surface area contributed by atoms with E-state index >= 15 is 0 Å². The first-order valence-corrected chi connectivity index (χ1v) is 6.38. The highest BCUT2D eigenvalue weighted by Crippen LogP contribution is 2.41. The van der Waals surface area contributed by atoms with Crippen LogP contribution in [0.1, 0.15) is 25.2 Å². The van der Waals surface area contributed by atoms with E-state index in [-0.39, 0.29) is 12.0 Å². The molecule has 2 aromatic rings. The van der Waals surface area contributed by atoms with Gasteiger partial charge in [0.2, 0.25) is 11.7 Å². The molecule has 5 heteroatoms. The van der Waals surface area contributed by atoms with Crippen molar-refractivity contribution in [1.82, 2.24) is 10.1 Å². The highest BCUT2D eigenvalue weighted by Gasteiger charge is 2.41. The number of aromatic nitrogens is 2. The van der Waals surface area contributed by atoms with Gasteiger partial charge in [-0.05, 0) is 24.5 Å². The van der Waals surface area contributed by atoms with Gasteiger partial charge in [-0.1, -0.05) is 35.8 Å². The predicted octanol–water partition coefficient (Wildman–Crippen LogP) is 2.84. The van der Waals surface area contributed by atoms with Gasteiger partial charge < -0.3 is 10.3 Å². The molecule has 18 heavy (non-hydrogen) atoms. The van der Waals surface area contributed by atoms with E-state index in [0.717, 1.165) is 12.0 Å². The number of halogens is 1. The molecule has 1 fully saturated rings. The molecule has 4 nitrogen and oxygen atoms in total. The number of hydrogen-bond donors (Lipinski definition) is 1. The van der Waals surface area contributed by atoms with Crippen LogP contribution in [-0.2, 0) is 0 Å². The number of hydrogen-bond acceptors (Lipinski definition) is 4. The first-order valence-electron chi connectivity index (χ1n) is 6.00. The largest absolute Gasteiger partial charge is 0.339 e. The molecule has 0 bridgehead atoms. The fraction of sp³-hybridized carbons (Fsp3) is 0.385. The van der Waals surface area contributed by atoms with Crippen molar-refractivity contribution in [3.8, 4) is 11.4 Å². The summed E-state index contributed by atoms with van der Waals surface area (Å²) in [6.45, 7) is 2.08. The lowest BCUT2D eigenvalue weighted by Crippen LogP contribution is -2.07. The Labute approximate surface area is 110 Å². The first kappa shape index (κ1) is 11.7. The average molecular weight is 264 g/mol. The third-order valence-electron chi connectivity index (χ3n) is 3.45. The summed E-state index contributed by atoms with van der Waals surface area (Å²) in [7, 11) is 0. The van der Waals surface area contributed by atoms with Gasteiger partial charge in [-0.15, -0.1) is 0 Å². The molecule has 1 aliphatic carbocycles. The van der Waals surface area contributed by atoms with E-state index in [4.69, 9.17) is 21.9 Å². The lowest BCUT2D eigenvalue weighted by Gasteiger charge is -2.02. The summed E-state index contributed by atoms with van der Waals surface area (Å²) < 4.78 is 5.31. The van der Waals surface area contributed by atoms with Gasteiger partial charge in [-0.25, -0.2) is 0 Å². The van der Waals surface area contributed by atoms with Crippen molar-refractivity contribution in [2.24, 2.45) is 11.7 Å². The highest BCUT2D eigenvalue weighted by atomic mass is 35.5. The maximum atomic E-state index is 5.94. The van der Waals surface area contributed by atoms with Gasteiger partial charge in [0.05, 0.1) is 0 Å². The maximum Gasteiger partial charge on any atom is 0.230 e. The average Bonchev–Trinajstić information content (AvgIpc) is 2.91. The van der Waals surface area contributed by atoms with E-state index in [1.54, 1.807) is 0 Å². The van der Waals surface area contributed by atoms with Gasteiger partial charge in [0, 0.05) is 22.5 Å². The smallest absolute Gasteiger partial charge is 0.230 e. The van der Waals surface area contributed by atoms with Crippen molar-refractivity contribution in [2.75, 3.05) is 0 Å². The van der Waals surface area contributed by atoms with E-state index in [2.05, 4.69) is 17.1 Å². The molecule has 0 saturated heterocycles. The van der Waals surface area contributed by atoms with E-state index in [1.165, 1.54) is 0 Å². The summed E-state index contributed by atoms with van der Waals surface area (Å²) in [5, 5.41) is 4.66. The van der Waals surface area contributed by atoms with Crippen LogP contribution in [0.2, 0.25) is 5.02 Å². The molecule has 3 atom stereocenters. The number of rotatable bonds is 3. The van der Waals surface area contributed by atoms with Crippen LogP contribution in [-0.4, -0.2) is 16.2 Å². The molecule has 1 aliphatic rings. The third kappa shape index (κ3) is 2.13. The van der Waals surface area contributed by atoms with Gasteiger partial charge in [-0.2, -0.15) is 4.98 Å². The monoisotopic (exact) mass is 263 g/mol. The molecule has 0 amide bonds. The Kier molecular flexibility index (Phi) is 2.84. The van der Waals surface area contributed by atoms with Crippen LogP contribution in [0.25, 0.3) is 11.4 Å². The Balaban J connectivity index is 1.85. The van der Waals surface area contributed by atoms with Crippen LogP contribution < -0.4 is 5.73 Å². The fourth-order valence-electron chi connectivity index (χ4n) is 2.16. The van der Waals surface area contributed by atoms with Gasteiger partial charge in [0.15, 0.2) is 0 Å². The van der Waals surface area contributed by atoms with Crippen molar-refractivity contribution < 1.29 is 4.52 Å². The molecular formula is C13H14ClN3O. The van der Waals surface area contributed by atoms with E-state index in [9.17, 15) is 0 Å². The Morgan fingerprint density at radius 3 is 2.94 bits per heavy atom. The van der Waals surface area contributed by atoms with Crippen LogP contribution in [0.15, 0.2) is 28.8 Å². The molecule has 1 saturated carbocycles. The normalized spacial score (nSPS) is 23.9. The van der Waals surface area contributed by atoms with Crippen LogP contribution in [0.5, 0.6) is 0 Å². The van der Waals surface area contributed by atoms with E-state index in [0.29, 0.717) is 22.7 Å². The zero-order valence-electron chi connectivity index (χ0n) is 10.0. The number of benzene rings is 1. The molecule has 0 radical (unpaired) electrons. The Morgan fingerprint density at radius 1 is 1.50 bits per heavy atom. The van der Waals surface area contributed by atoms with Gasteiger partial charge in [0.25, 0.3) is 0 Å². The van der Waals surface area contributed by atoms with Crippen LogP contribution in [0, 0.1) is 5.92 Å². The highest BCUT2D eigenvalue weighted by molar-refractivity contribution is 6.30. The first-order chi connectivity index (χ1) is 8.65. The minimum atomic E-state index is 0.223. The standard InChI is InChI=1S/C13H14ClN3O/c1-7(10-6-11(10)15)13-16-12(17-18-13)8-3-2-4-9(14)5-8/h2-5,7,10-11H,6,15H2,1H3. The SMILES string of the molecule is CC(c1nc(-c2cccc(Cl)c2)no1)C1CC1N. The molecule has 1 aromatic heterocycles. The van der Waals surface area contributed by atoms with Gasteiger partial charge in [0.1, 0.15) is 0 Å². The molecular weight excluding hydrogens is 250 g/mol. The fourth-order valence-corrected chi connectivity index (χ4v) is 2.35. The van der Waals surface area contributed by atoms with E-state index < -0.39 is 0 Å². The summed E-state index contributed by atoms with van der Waals surface area (Å²) >= 11 is 5.94. The Bertz CT molecular complexity index is 569. The minimum absolute atomic E-state index is 0.223. The summed E-state index contributed by atoms with van der Waals surface area (Å²) in [6, 6.07) is 7.70. The lowest BCUT2D eigenvalue weighted by molar-refractivity contribution is 0.347. The predicted molar refractivity (Wildman–Crippen MR) is 69.2 cm³/mol. The summed E-state index contributed by atoms with van der Waals surface area (Å²) in [6.07, 6.45) is 1.04. The second-order valence-electron chi connectivity index (χ2n) is 4.82. The minimum Gasteiger partial charge on any atom is -0.339 e. The Hall–Kier alpha value is -1.39. The molecule has 2 N–H and O–H groups in total. The molecule has 1 heterocycles. The molecule has 1 aromatic carbocycles. The van der Waals surface area contributed by atoms with Gasteiger partial charge >= 0.3 is 0 Å². The molecule has 0 spiro atoms. The summed E-state index contributed by atoms with van der Waals surface area (Å²) in [5.41, 5.74) is 6.70. The number of nitrogens with zero attached hydrogens (tertiary/aromatic N) is 2.